The molecule has 0 aromatic heterocycles. The Labute approximate surface area is 125 Å². The van der Waals surface area contributed by atoms with Crippen LogP contribution in [-0.4, -0.2) is 32.5 Å². The second-order valence-corrected chi connectivity index (χ2v) is 4.93. The van der Waals surface area contributed by atoms with Crippen molar-refractivity contribution < 1.29 is 4.74 Å². The molecule has 4 heteroatoms. The topological polar surface area (TPSA) is 36.9 Å². The summed E-state index contributed by atoms with van der Waals surface area (Å²) in [6, 6.07) is 18.4. The largest absolute Gasteiger partial charge is 0.378 e. The van der Waals surface area contributed by atoms with Crippen LogP contribution in [0, 0.1) is 0 Å². The number of hydrazone groups is 1. The Morgan fingerprint density at radius 3 is 2.38 bits per heavy atom. The molecule has 4 nitrogen and oxygen atoms in total. The molecule has 0 unspecified atom stereocenters. The SMILES string of the molecule is C(=N\Nc1ccccc1)/c1ccc(N2CCOCC2)cc1. The summed E-state index contributed by atoms with van der Waals surface area (Å²) in [4.78, 5) is 2.34. The van der Waals surface area contributed by atoms with Gasteiger partial charge in [0.25, 0.3) is 0 Å². The smallest absolute Gasteiger partial charge is 0.0642 e. The van der Waals surface area contributed by atoms with Crippen molar-refractivity contribution in [3.63, 3.8) is 0 Å². The quantitative estimate of drug-likeness (QED) is 0.691. The zero-order chi connectivity index (χ0) is 14.3. The van der Waals surface area contributed by atoms with Crippen LogP contribution in [0.1, 0.15) is 5.56 Å². The molecule has 2 aromatic carbocycles. The molecule has 0 amide bonds. The summed E-state index contributed by atoms with van der Waals surface area (Å²) < 4.78 is 5.37. The number of hydrogen-bond acceptors (Lipinski definition) is 4. The maximum Gasteiger partial charge on any atom is 0.0642 e. The van der Waals surface area contributed by atoms with Gasteiger partial charge in [0.05, 0.1) is 25.1 Å². The van der Waals surface area contributed by atoms with Gasteiger partial charge in [-0.05, 0) is 29.8 Å². The summed E-state index contributed by atoms with van der Waals surface area (Å²) in [5, 5.41) is 4.25. The third-order valence-corrected chi connectivity index (χ3v) is 3.45. The number of ether oxygens (including phenoxy) is 1. The van der Waals surface area contributed by atoms with Gasteiger partial charge in [-0.25, -0.2) is 0 Å². The molecule has 1 N–H and O–H groups in total. The minimum Gasteiger partial charge on any atom is -0.378 e. The van der Waals surface area contributed by atoms with Crippen molar-refractivity contribution >= 4 is 17.6 Å². The van der Waals surface area contributed by atoms with E-state index in [1.54, 1.807) is 0 Å². The number of hydrogen-bond donors (Lipinski definition) is 1. The highest BCUT2D eigenvalue weighted by atomic mass is 16.5. The molecule has 21 heavy (non-hydrogen) atoms. The van der Waals surface area contributed by atoms with E-state index in [9.17, 15) is 0 Å². The lowest BCUT2D eigenvalue weighted by atomic mass is 10.2. The number of nitrogens with zero attached hydrogens (tertiary/aromatic N) is 2. The van der Waals surface area contributed by atoms with E-state index in [1.807, 2.05) is 36.5 Å². The van der Waals surface area contributed by atoms with Gasteiger partial charge in [-0.1, -0.05) is 30.3 Å². The molecule has 3 rings (SSSR count). The van der Waals surface area contributed by atoms with E-state index in [-0.39, 0.29) is 0 Å². The van der Waals surface area contributed by atoms with E-state index in [4.69, 9.17) is 4.74 Å². The number of morpholine rings is 1. The van der Waals surface area contributed by atoms with Gasteiger partial charge < -0.3 is 9.64 Å². The number of benzene rings is 2. The molecule has 108 valence electrons. The van der Waals surface area contributed by atoms with Gasteiger partial charge in [0.2, 0.25) is 0 Å². The van der Waals surface area contributed by atoms with Crippen molar-refractivity contribution in [2.75, 3.05) is 36.6 Å². The van der Waals surface area contributed by atoms with E-state index < -0.39 is 0 Å². The van der Waals surface area contributed by atoms with E-state index in [0.29, 0.717) is 0 Å². The van der Waals surface area contributed by atoms with Crippen molar-refractivity contribution in [1.29, 1.82) is 0 Å². The van der Waals surface area contributed by atoms with E-state index in [2.05, 4.69) is 39.7 Å². The number of rotatable bonds is 4. The average Bonchev–Trinajstić information content (AvgIpc) is 2.57. The molecule has 0 aliphatic carbocycles. The highest BCUT2D eigenvalue weighted by Gasteiger charge is 2.10. The molecule has 1 saturated heterocycles. The maximum absolute atomic E-state index is 5.37. The van der Waals surface area contributed by atoms with Crippen molar-refractivity contribution in [2.45, 2.75) is 0 Å². The molecule has 1 aliphatic heterocycles. The van der Waals surface area contributed by atoms with Crippen molar-refractivity contribution in [3.05, 3.63) is 60.2 Å². The number of anilines is 2. The normalized spacial score (nSPS) is 15.3. The lowest BCUT2D eigenvalue weighted by molar-refractivity contribution is 0.122. The first-order valence-corrected chi connectivity index (χ1v) is 7.19. The number of para-hydroxylation sites is 1. The first kappa shape index (κ1) is 13.6. The monoisotopic (exact) mass is 281 g/mol. The Morgan fingerprint density at radius 2 is 1.67 bits per heavy atom. The van der Waals surface area contributed by atoms with Crippen LogP contribution in [0.3, 0.4) is 0 Å². The molecule has 1 heterocycles. The molecule has 2 aromatic rings. The second-order valence-electron chi connectivity index (χ2n) is 4.93. The zero-order valence-electron chi connectivity index (χ0n) is 11.9. The van der Waals surface area contributed by atoms with Gasteiger partial charge >= 0.3 is 0 Å². The van der Waals surface area contributed by atoms with Crippen LogP contribution in [0.25, 0.3) is 0 Å². The highest BCUT2D eigenvalue weighted by Crippen LogP contribution is 2.16. The highest BCUT2D eigenvalue weighted by molar-refractivity contribution is 5.81. The van der Waals surface area contributed by atoms with Gasteiger partial charge in [0.15, 0.2) is 0 Å². The van der Waals surface area contributed by atoms with Crippen molar-refractivity contribution in [2.24, 2.45) is 5.10 Å². The van der Waals surface area contributed by atoms with Gasteiger partial charge in [0, 0.05) is 18.8 Å². The van der Waals surface area contributed by atoms with Crippen LogP contribution in [0.15, 0.2) is 59.7 Å². The predicted molar refractivity (Wildman–Crippen MR) is 87.1 cm³/mol. The van der Waals surface area contributed by atoms with Crippen molar-refractivity contribution in [3.8, 4) is 0 Å². The first-order valence-electron chi connectivity index (χ1n) is 7.19. The van der Waals surface area contributed by atoms with E-state index >= 15 is 0 Å². The summed E-state index contributed by atoms with van der Waals surface area (Å²) in [6.45, 7) is 3.54. The lowest BCUT2D eigenvalue weighted by Gasteiger charge is -2.28. The average molecular weight is 281 g/mol. The number of nitrogens with one attached hydrogen (secondary N) is 1. The molecule has 1 aliphatic rings. The molecule has 0 radical (unpaired) electrons. The second kappa shape index (κ2) is 6.90. The minimum atomic E-state index is 0.810. The summed E-state index contributed by atoms with van der Waals surface area (Å²) in [7, 11) is 0. The first-order chi connectivity index (χ1) is 10.4. The molecule has 0 saturated carbocycles. The fourth-order valence-corrected chi connectivity index (χ4v) is 2.29. The van der Waals surface area contributed by atoms with Crippen LogP contribution >= 0.6 is 0 Å². The Hall–Kier alpha value is -2.33. The Bertz CT molecular complexity index is 575. The molecule has 1 fully saturated rings. The Kier molecular flexibility index (Phi) is 4.49. The molecular formula is C17H19N3O. The van der Waals surface area contributed by atoms with Crippen LogP contribution in [0.5, 0.6) is 0 Å². The van der Waals surface area contributed by atoms with E-state index in [1.165, 1.54) is 5.69 Å². The third-order valence-electron chi connectivity index (χ3n) is 3.45. The fraction of sp³-hybridized carbons (Fsp3) is 0.235. The van der Waals surface area contributed by atoms with Crippen LogP contribution < -0.4 is 10.3 Å². The predicted octanol–water partition coefficient (Wildman–Crippen LogP) is 2.97. The van der Waals surface area contributed by atoms with Crippen molar-refractivity contribution in [1.82, 2.24) is 0 Å². The van der Waals surface area contributed by atoms with Gasteiger partial charge in [0.1, 0.15) is 0 Å². The molecule has 0 atom stereocenters. The third kappa shape index (κ3) is 3.83. The molecular weight excluding hydrogens is 262 g/mol. The van der Waals surface area contributed by atoms with Crippen LogP contribution in [0.4, 0.5) is 11.4 Å². The molecule has 0 spiro atoms. The fourth-order valence-electron chi connectivity index (χ4n) is 2.29. The van der Waals surface area contributed by atoms with E-state index in [0.717, 1.165) is 37.6 Å². The summed E-state index contributed by atoms with van der Waals surface area (Å²) in [5.41, 5.74) is 6.32. The summed E-state index contributed by atoms with van der Waals surface area (Å²) in [5.74, 6) is 0. The minimum absolute atomic E-state index is 0.810. The lowest BCUT2D eigenvalue weighted by Crippen LogP contribution is -2.36. The van der Waals surface area contributed by atoms with Crippen LogP contribution in [-0.2, 0) is 4.74 Å². The Balaban J connectivity index is 1.59. The maximum atomic E-state index is 5.37. The standard InChI is InChI=1S/C17H19N3O/c1-2-4-16(5-3-1)19-18-14-15-6-8-17(9-7-15)20-10-12-21-13-11-20/h1-9,14,19H,10-13H2/b18-14+. The summed E-state index contributed by atoms with van der Waals surface area (Å²) in [6.07, 6.45) is 1.83. The van der Waals surface area contributed by atoms with Gasteiger partial charge in [-0.15, -0.1) is 0 Å². The van der Waals surface area contributed by atoms with Crippen LogP contribution in [0.2, 0.25) is 0 Å². The summed E-state index contributed by atoms with van der Waals surface area (Å²) >= 11 is 0. The Morgan fingerprint density at radius 1 is 0.952 bits per heavy atom. The van der Waals surface area contributed by atoms with Gasteiger partial charge in [-0.2, -0.15) is 5.10 Å². The molecule has 0 bridgehead atoms. The van der Waals surface area contributed by atoms with Gasteiger partial charge in [-0.3, -0.25) is 5.43 Å². The zero-order valence-corrected chi connectivity index (χ0v) is 11.9.